The molecule has 0 aliphatic carbocycles. The van der Waals surface area contributed by atoms with Crippen molar-refractivity contribution in [3.8, 4) is 5.75 Å². The number of amides is 1. The van der Waals surface area contributed by atoms with Crippen LogP contribution in [0.15, 0.2) is 40.8 Å². The summed E-state index contributed by atoms with van der Waals surface area (Å²) in [7, 11) is 0. The molecule has 5 heteroatoms. The maximum absolute atomic E-state index is 11.6. The van der Waals surface area contributed by atoms with Crippen LogP contribution in [-0.2, 0) is 4.79 Å². The molecule has 0 aliphatic rings. The summed E-state index contributed by atoms with van der Waals surface area (Å²) in [5, 5.41) is 3.80. The molecule has 0 saturated heterocycles. The van der Waals surface area contributed by atoms with Gasteiger partial charge in [-0.15, -0.1) is 11.6 Å². The van der Waals surface area contributed by atoms with Crippen molar-refractivity contribution in [3.63, 3.8) is 0 Å². The van der Waals surface area contributed by atoms with Crippen LogP contribution in [0.5, 0.6) is 5.75 Å². The van der Waals surface area contributed by atoms with E-state index >= 15 is 0 Å². The summed E-state index contributed by atoms with van der Waals surface area (Å²) < 4.78 is 11.6. The Hall–Kier alpha value is -1.94. The van der Waals surface area contributed by atoms with Crippen molar-refractivity contribution in [1.82, 2.24) is 5.32 Å². The molecule has 1 heterocycles. The summed E-state index contributed by atoms with van der Waals surface area (Å²) in [6.45, 7) is 4.23. The van der Waals surface area contributed by atoms with E-state index in [0.29, 0.717) is 29.6 Å². The van der Waals surface area contributed by atoms with Gasteiger partial charge in [0.15, 0.2) is 11.3 Å². The minimum absolute atomic E-state index is 0.144. The van der Waals surface area contributed by atoms with E-state index in [1.807, 2.05) is 31.2 Å². The normalized spacial score (nSPS) is 12.7. The summed E-state index contributed by atoms with van der Waals surface area (Å²) in [5.74, 6) is 1.81. The highest BCUT2D eigenvalue weighted by Crippen LogP contribution is 2.31. The number of hydrogen-bond acceptors (Lipinski definition) is 3. The first kappa shape index (κ1) is 16.4. The number of ether oxygens (including phenoxy) is 1. The first-order chi connectivity index (χ1) is 10.7. The number of para-hydroxylation sites is 1. The number of hydrogen-bond donors (Lipinski definition) is 1. The third-order valence-corrected chi connectivity index (χ3v) is 3.43. The molecular formula is C17H20ClNO3. The Morgan fingerprint density at radius 2 is 2.32 bits per heavy atom. The Balaban J connectivity index is 2.18. The van der Waals surface area contributed by atoms with Gasteiger partial charge in [-0.25, -0.2) is 0 Å². The van der Waals surface area contributed by atoms with Crippen molar-refractivity contribution in [2.24, 2.45) is 0 Å². The zero-order valence-corrected chi connectivity index (χ0v) is 13.5. The van der Waals surface area contributed by atoms with Crippen LogP contribution < -0.4 is 10.1 Å². The number of alkyl halides is 1. The second-order valence-electron chi connectivity index (χ2n) is 4.94. The van der Waals surface area contributed by atoms with E-state index in [-0.39, 0.29) is 11.9 Å². The van der Waals surface area contributed by atoms with Crippen molar-refractivity contribution in [3.05, 3.63) is 42.2 Å². The van der Waals surface area contributed by atoms with Gasteiger partial charge < -0.3 is 14.5 Å². The van der Waals surface area contributed by atoms with E-state index in [4.69, 9.17) is 20.8 Å². The predicted molar refractivity (Wildman–Crippen MR) is 88.4 cm³/mol. The van der Waals surface area contributed by atoms with Gasteiger partial charge >= 0.3 is 0 Å². The van der Waals surface area contributed by atoms with Crippen LogP contribution in [-0.4, -0.2) is 18.4 Å². The van der Waals surface area contributed by atoms with E-state index in [1.54, 1.807) is 13.0 Å². The molecule has 22 heavy (non-hydrogen) atoms. The van der Waals surface area contributed by atoms with Gasteiger partial charge in [-0.3, -0.25) is 4.79 Å². The van der Waals surface area contributed by atoms with Gasteiger partial charge in [0.1, 0.15) is 5.76 Å². The number of nitrogens with one attached hydrogen (secondary N) is 1. The minimum atomic E-state index is -0.216. The lowest BCUT2D eigenvalue weighted by Gasteiger charge is -2.09. The predicted octanol–water partition coefficient (Wildman–Crippen LogP) is 4.19. The van der Waals surface area contributed by atoms with E-state index < -0.39 is 0 Å². The number of carbonyl (C=O) groups excluding carboxylic acids is 1. The Bertz CT molecular complexity index is 663. The summed E-state index contributed by atoms with van der Waals surface area (Å²) >= 11 is 5.66. The van der Waals surface area contributed by atoms with Crippen LogP contribution in [0, 0.1) is 0 Å². The van der Waals surface area contributed by atoms with Gasteiger partial charge in [0.2, 0.25) is 5.91 Å². The number of benzene rings is 1. The van der Waals surface area contributed by atoms with Gasteiger partial charge in [-0.2, -0.15) is 0 Å². The monoisotopic (exact) mass is 321 g/mol. The molecule has 1 aromatic carbocycles. The Morgan fingerprint density at radius 3 is 3.05 bits per heavy atom. The minimum Gasteiger partial charge on any atom is -0.490 e. The SMILES string of the molecule is C/C=C/C(=O)NC(C)c1cc2cccc(OCCCCl)c2o1. The fourth-order valence-corrected chi connectivity index (χ4v) is 2.21. The number of carbonyl (C=O) groups is 1. The maximum atomic E-state index is 11.6. The molecule has 2 aromatic rings. The third-order valence-electron chi connectivity index (χ3n) is 3.17. The fraction of sp³-hybridized carbons (Fsp3) is 0.353. The average Bonchev–Trinajstić information content (AvgIpc) is 2.93. The Labute approximate surface area is 135 Å². The molecule has 1 amide bonds. The molecule has 0 radical (unpaired) electrons. The lowest BCUT2D eigenvalue weighted by molar-refractivity contribution is -0.117. The van der Waals surface area contributed by atoms with Gasteiger partial charge in [0.25, 0.3) is 0 Å². The van der Waals surface area contributed by atoms with E-state index in [9.17, 15) is 4.79 Å². The second kappa shape index (κ2) is 7.90. The highest BCUT2D eigenvalue weighted by atomic mass is 35.5. The summed E-state index contributed by atoms with van der Waals surface area (Å²) in [6.07, 6.45) is 3.96. The molecule has 0 bridgehead atoms. The van der Waals surface area contributed by atoms with E-state index in [2.05, 4.69) is 5.32 Å². The van der Waals surface area contributed by atoms with Crippen molar-refractivity contribution in [2.45, 2.75) is 26.3 Å². The number of halogens is 1. The fourth-order valence-electron chi connectivity index (χ4n) is 2.10. The van der Waals surface area contributed by atoms with E-state index in [0.717, 1.165) is 11.8 Å². The van der Waals surface area contributed by atoms with Gasteiger partial charge in [-0.1, -0.05) is 18.2 Å². The van der Waals surface area contributed by atoms with Crippen LogP contribution in [0.4, 0.5) is 0 Å². The van der Waals surface area contributed by atoms with Crippen molar-refractivity contribution < 1.29 is 13.9 Å². The van der Waals surface area contributed by atoms with Crippen LogP contribution in [0.25, 0.3) is 11.0 Å². The molecule has 0 fully saturated rings. The van der Waals surface area contributed by atoms with Crippen LogP contribution in [0.3, 0.4) is 0 Å². The summed E-state index contributed by atoms with van der Waals surface area (Å²) in [6, 6.07) is 7.45. The molecule has 0 spiro atoms. The standard InChI is InChI=1S/C17H20ClNO3/c1-3-6-16(20)19-12(2)15-11-13-7-4-8-14(17(13)22-15)21-10-5-9-18/h3-4,6-8,11-12H,5,9-10H2,1-2H3,(H,19,20)/b6-3+. The first-order valence-corrected chi connectivity index (χ1v) is 7.83. The summed E-state index contributed by atoms with van der Waals surface area (Å²) in [4.78, 5) is 11.6. The van der Waals surface area contributed by atoms with Crippen molar-refractivity contribution in [1.29, 1.82) is 0 Å². The lowest BCUT2D eigenvalue weighted by Crippen LogP contribution is -2.24. The second-order valence-corrected chi connectivity index (χ2v) is 5.32. The largest absolute Gasteiger partial charge is 0.490 e. The molecule has 4 nitrogen and oxygen atoms in total. The van der Waals surface area contributed by atoms with Crippen LogP contribution >= 0.6 is 11.6 Å². The number of fused-ring (bicyclic) bond motifs is 1. The van der Waals surface area contributed by atoms with Crippen molar-refractivity contribution in [2.75, 3.05) is 12.5 Å². The average molecular weight is 322 g/mol. The van der Waals surface area contributed by atoms with Crippen LogP contribution in [0.1, 0.15) is 32.1 Å². The quantitative estimate of drug-likeness (QED) is 0.472. The third kappa shape index (κ3) is 4.04. The molecule has 1 aromatic heterocycles. The first-order valence-electron chi connectivity index (χ1n) is 7.30. The Kier molecular flexibility index (Phi) is 5.90. The molecule has 2 rings (SSSR count). The number of furan rings is 1. The van der Waals surface area contributed by atoms with Crippen LogP contribution in [0.2, 0.25) is 0 Å². The lowest BCUT2D eigenvalue weighted by atomic mass is 10.2. The molecule has 1 atom stereocenters. The van der Waals surface area contributed by atoms with Gasteiger partial charge in [0, 0.05) is 11.3 Å². The topological polar surface area (TPSA) is 51.5 Å². The van der Waals surface area contributed by atoms with E-state index in [1.165, 1.54) is 6.08 Å². The zero-order chi connectivity index (χ0) is 15.9. The molecule has 1 N–H and O–H groups in total. The smallest absolute Gasteiger partial charge is 0.244 e. The summed E-state index contributed by atoms with van der Waals surface area (Å²) in [5.41, 5.74) is 0.694. The highest BCUT2D eigenvalue weighted by molar-refractivity contribution is 6.17. The highest BCUT2D eigenvalue weighted by Gasteiger charge is 2.15. The molecule has 118 valence electrons. The molecule has 0 aliphatic heterocycles. The Morgan fingerprint density at radius 1 is 1.50 bits per heavy atom. The van der Waals surface area contributed by atoms with Gasteiger partial charge in [-0.05, 0) is 38.5 Å². The van der Waals surface area contributed by atoms with Crippen molar-refractivity contribution >= 4 is 28.5 Å². The molecular weight excluding hydrogens is 302 g/mol. The number of rotatable bonds is 7. The molecule has 1 unspecified atom stereocenters. The molecule has 0 saturated carbocycles. The zero-order valence-electron chi connectivity index (χ0n) is 12.8. The van der Waals surface area contributed by atoms with Gasteiger partial charge in [0.05, 0.1) is 12.6 Å². The number of allylic oxidation sites excluding steroid dienone is 1. The maximum Gasteiger partial charge on any atom is 0.244 e.